The number of halogens is 2. The molecule has 1 atom stereocenters. The summed E-state index contributed by atoms with van der Waals surface area (Å²) in [7, 11) is 1.26. The molecule has 1 heterocycles. The molecule has 2 N–H and O–H groups in total. The number of carbonyl (C=O) groups excluding carboxylic acids is 2. The third-order valence-corrected chi connectivity index (χ3v) is 5.67. The zero-order valence-electron chi connectivity index (χ0n) is 19.0. The Labute approximate surface area is 195 Å². The highest BCUT2D eigenvalue weighted by Gasteiger charge is 2.24. The SMILES string of the molecule is COc1ccc(F)c(C(=O)c2c[nH]c3c2=CC(c2cccc(NC(C)=O)c2)=CC(C)CC=3)c1F. The van der Waals surface area contributed by atoms with Gasteiger partial charge in [0.15, 0.2) is 11.6 Å². The molecular formula is C27H24F2N2O3. The van der Waals surface area contributed by atoms with Crippen molar-refractivity contribution in [3.8, 4) is 5.75 Å². The minimum Gasteiger partial charge on any atom is -0.494 e. The maximum Gasteiger partial charge on any atom is 0.221 e. The van der Waals surface area contributed by atoms with Gasteiger partial charge in [0.2, 0.25) is 11.7 Å². The van der Waals surface area contributed by atoms with Crippen LogP contribution < -0.4 is 20.6 Å². The summed E-state index contributed by atoms with van der Waals surface area (Å²) < 4.78 is 34.3. The van der Waals surface area contributed by atoms with Crippen LogP contribution in [0.15, 0.2) is 48.7 Å². The van der Waals surface area contributed by atoms with Crippen LogP contribution in [-0.2, 0) is 4.79 Å². The number of ketones is 1. The molecule has 0 bridgehead atoms. The number of hydrogen-bond acceptors (Lipinski definition) is 3. The number of aromatic nitrogens is 1. The van der Waals surface area contributed by atoms with E-state index in [-0.39, 0.29) is 23.1 Å². The zero-order valence-corrected chi connectivity index (χ0v) is 19.0. The lowest BCUT2D eigenvalue weighted by molar-refractivity contribution is -0.114. The number of ether oxygens (including phenoxy) is 1. The first kappa shape index (κ1) is 23.2. The molecule has 2 aromatic carbocycles. The maximum absolute atomic E-state index is 14.8. The second-order valence-electron chi connectivity index (χ2n) is 8.24. The summed E-state index contributed by atoms with van der Waals surface area (Å²) in [6, 6.07) is 9.53. The summed E-state index contributed by atoms with van der Waals surface area (Å²) >= 11 is 0. The van der Waals surface area contributed by atoms with E-state index in [0.29, 0.717) is 22.7 Å². The third-order valence-electron chi connectivity index (χ3n) is 5.67. The molecule has 1 aromatic heterocycles. The lowest BCUT2D eigenvalue weighted by Gasteiger charge is -2.12. The number of nitrogens with one attached hydrogen (secondary N) is 2. The summed E-state index contributed by atoms with van der Waals surface area (Å²) in [5.41, 5.74) is 1.80. The molecule has 5 nitrogen and oxygen atoms in total. The van der Waals surface area contributed by atoms with Gasteiger partial charge < -0.3 is 15.0 Å². The van der Waals surface area contributed by atoms with Crippen LogP contribution in [0, 0.1) is 17.6 Å². The number of aromatic amines is 1. The second kappa shape index (κ2) is 9.47. The van der Waals surface area contributed by atoms with Crippen LogP contribution in [0.4, 0.5) is 14.5 Å². The lowest BCUT2D eigenvalue weighted by atomic mass is 9.94. The maximum atomic E-state index is 14.8. The van der Waals surface area contributed by atoms with E-state index < -0.39 is 23.0 Å². The molecule has 0 fully saturated rings. The van der Waals surface area contributed by atoms with Crippen molar-refractivity contribution >= 4 is 35.1 Å². The second-order valence-corrected chi connectivity index (χ2v) is 8.24. The van der Waals surface area contributed by atoms with Crippen LogP contribution in [0.2, 0.25) is 0 Å². The molecule has 174 valence electrons. The first-order valence-electron chi connectivity index (χ1n) is 10.8. The summed E-state index contributed by atoms with van der Waals surface area (Å²) in [6.07, 6.45) is 8.03. The molecule has 1 unspecified atom stereocenters. The van der Waals surface area contributed by atoms with E-state index >= 15 is 0 Å². The van der Waals surface area contributed by atoms with Gasteiger partial charge in [-0.25, -0.2) is 8.78 Å². The van der Waals surface area contributed by atoms with E-state index in [9.17, 15) is 18.4 Å². The molecule has 7 heteroatoms. The highest BCUT2D eigenvalue weighted by molar-refractivity contribution is 6.10. The number of hydrogen-bond donors (Lipinski definition) is 2. The molecule has 4 rings (SSSR count). The average molecular weight is 462 g/mol. The van der Waals surface area contributed by atoms with E-state index in [4.69, 9.17) is 4.74 Å². The number of benzene rings is 2. The molecular weight excluding hydrogens is 438 g/mol. The van der Waals surface area contributed by atoms with E-state index in [0.717, 1.165) is 23.3 Å². The Hall–Kier alpha value is -4.00. The molecule has 1 aliphatic carbocycles. The largest absolute Gasteiger partial charge is 0.494 e. The quantitative estimate of drug-likeness (QED) is 0.559. The van der Waals surface area contributed by atoms with Crippen LogP contribution in [0.1, 0.15) is 41.8 Å². The van der Waals surface area contributed by atoms with Crippen LogP contribution in [0.3, 0.4) is 0 Å². The van der Waals surface area contributed by atoms with Crippen molar-refractivity contribution in [2.75, 3.05) is 12.4 Å². The van der Waals surface area contributed by atoms with E-state index in [2.05, 4.69) is 23.3 Å². The minimum absolute atomic E-state index is 0.149. The minimum atomic E-state index is -1.04. The lowest BCUT2D eigenvalue weighted by Crippen LogP contribution is -2.29. The Bertz CT molecular complexity index is 1440. The van der Waals surface area contributed by atoms with Crippen molar-refractivity contribution in [3.63, 3.8) is 0 Å². The van der Waals surface area contributed by atoms with Gasteiger partial charge in [-0.2, -0.15) is 0 Å². The monoisotopic (exact) mass is 462 g/mol. The number of fused-ring (bicyclic) bond motifs is 1. The van der Waals surface area contributed by atoms with Crippen LogP contribution in [-0.4, -0.2) is 23.8 Å². The molecule has 0 saturated heterocycles. The molecule has 34 heavy (non-hydrogen) atoms. The fraction of sp³-hybridized carbons (Fsp3) is 0.185. The van der Waals surface area contributed by atoms with Crippen molar-refractivity contribution in [2.24, 2.45) is 5.92 Å². The van der Waals surface area contributed by atoms with Crippen molar-refractivity contribution < 1.29 is 23.1 Å². The van der Waals surface area contributed by atoms with Gasteiger partial charge in [-0.3, -0.25) is 9.59 Å². The Morgan fingerprint density at radius 1 is 1.18 bits per heavy atom. The highest BCUT2D eigenvalue weighted by Crippen LogP contribution is 2.26. The summed E-state index contributed by atoms with van der Waals surface area (Å²) in [6.45, 7) is 3.51. The molecule has 1 amide bonds. The molecule has 0 aliphatic heterocycles. The van der Waals surface area contributed by atoms with Gasteiger partial charge in [-0.05, 0) is 53.8 Å². The molecule has 1 aliphatic rings. The standard InChI is InChI=1S/C27H24F2N2O3/c1-15-7-9-23-20(13-18(11-15)17-5-4-6-19(12-17)31-16(2)32)21(14-30-23)27(33)25-22(28)8-10-24(34-3)26(25)29/h4-6,8-15,30H,7H2,1-3H3,(H,31,32). The summed E-state index contributed by atoms with van der Waals surface area (Å²) in [4.78, 5) is 27.9. The number of H-pyrrole nitrogens is 1. The van der Waals surface area contributed by atoms with Crippen LogP contribution >= 0.6 is 0 Å². The van der Waals surface area contributed by atoms with Crippen LogP contribution in [0.5, 0.6) is 5.75 Å². The summed E-state index contributed by atoms with van der Waals surface area (Å²) in [5, 5.41) is 4.00. The van der Waals surface area contributed by atoms with Gasteiger partial charge in [0.25, 0.3) is 0 Å². The predicted molar refractivity (Wildman–Crippen MR) is 128 cm³/mol. The highest BCUT2D eigenvalue weighted by atomic mass is 19.1. The number of anilines is 1. The Kier molecular flexibility index (Phi) is 6.45. The third kappa shape index (κ3) is 4.55. The number of carbonyl (C=O) groups is 2. The van der Waals surface area contributed by atoms with Gasteiger partial charge in [0.05, 0.1) is 12.7 Å². The smallest absolute Gasteiger partial charge is 0.221 e. The van der Waals surface area contributed by atoms with Crippen molar-refractivity contribution in [1.29, 1.82) is 0 Å². The van der Waals surface area contributed by atoms with Gasteiger partial charge in [0, 0.05) is 34.9 Å². The van der Waals surface area contributed by atoms with Crippen molar-refractivity contribution in [1.82, 2.24) is 4.98 Å². The van der Waals surface area contributed by atoms with Gasteiger partial charge in [-0.1, -0.05) is 31.2 Å². The Morgan fingerprint density at radius 2 is 1.97 bits per heavy atom. The van der Waals surface area contributed by atoms with E-state index in [1.165, 1.54) is 20.2 Å². The Morgan fingerprint density at radius 3 is 2.71 bits per heavy atom. The van der Waals surface area contributed by atoms with Gasteiger partial charge in [0.1, 0.15) is 5.82 Å². The molecule has 3 aromatic rings. The number of amides is 1. The summed E-state index contributed by atoms with van der Waals surface area (Å²) in [5.74, 6) is -2.97. The molecule has 0 radical (unpaired) electrons. The number of methoxy groups -OCH3 is 1. The van der Waals surface area contributed by atoms with Crippen molar-refractivity contribution in [2.45, 2.75) is 20.3 Å². The topological polar surface area (TPSA) is 71.2 Å². The first-order valence-corrected chi connectivity index (χ1v) is 10.8. The van der Waals surface area contributed by atoms with Crippen LogP contribution in [0.25, 0.3) is 17.7 Å². The van der Waals surface area contributed by atoms with E-state index in [1.54, 1.807) is 6.07 Å². The molecule has 0 saturated carbocycles. The van der Waals surface area contributed by atoms with Crippen molar-refractivity contribution in [3.05, 3.63) is 87.6 Å². The van der Waals surface area contributed by atoms with Gasteiger partial charge in [-0.15, -0.1) is 0 Å². The van der Waals surface area contributed by atoms with E-state index in [1.807, 2.05) is 30.4 Å². The average Bonchev–Trinajstić information content (AvgIpc) is 3.17. The number of rotatable bonds is 5. The normalized spacial score (nSPS) is 15.1. The fourth-order valence-corrected chi connectivity index (χ4v) is 4.04. The zero-order chi connectivity index (χ0) is 24.4. The fourth-order valence-electron chi connectivity index (χ4n) is 4.04. The predicted octanol–water partition coefficient (Wildman–Crippen LogP) is 4.18. The van der Waals surface area contributed by atoms with Gasteiger partial charge >= 0.3 is 0 Å². The first-order chi connectivity index (χ1) is 16.3. The Balaban J connectivity index is 1.88. The molecule has 0 spiro atoms. The number of allylic oxidation sites excluding steroid dienone is 2.